The van der Waals surface area contributed by atoms with E-state index in [0.29, 0.717) is 67.3 Å². The number of nitrogens with zero attached hydrogens (tertiary/aromatic N) is 2. The van der Waals surface area contributed by atoms with E-state index in [2.05, 4.69) is 15.4 Å². The molecule has 2 aliphatic carbocycles. The molecule has 13 nitrogen and oxygen atoms in total. The molecule has 4 amide bonds. The molecular formula is C41H54ClN5O8S. The lowest BCUT2D eigenvalue weighted by Gasteiger charge is -2.36. The minimum absolute atomic E-state index is 0.0318. The molecule has 3 fully saturated rings. The quantitative estimate of drug-likeness (QED) is 0.299. The van der Waals surface area contributed by atoms with Crippen LogP contribution in [0.5, 0.6) is 5.75 Å². The van der Waals surface area contributed by atoms with Crippen LogP contribution in [-0.4, -0.2) is 83.2 Å². The molecule has 1 aromatic heterocycles. The molecular weight excluding hydrogens is 758 g/mol. The zero-order valence-electron chi connectivity index (χ0n) is 32.6. The number of nitrogens with one attached hydrogen (secondary N) is 3. The summed E-state index contributed by atoms with van der Waals surface area (Å²) in [6, 6.07) is 3.45. The normalized spacial score (nSPS) is 28.4. The highest BCUT2D eigenvalue weighted by molar-refractivity contribution is 7.91. The van der Waals surface area contributed by atoms with Crippen LogP contribution in [0.15, 0.2) is 30.4 Å². The maximum absolute atomic E-state index is 14.8. The van der Waals surface area contributed by atoms with E-state index < -0.39 is 61.8 Å². The zero-order valence-corrected chi connectivity index (χ0v) is 34.2. The van der Waals surface area contributed by atoms with Crippen LogP contribution >= 0.6 is 11.6 Å². The molecule has 5 aliphatic rings. The van der Waals surface area contributed by atoms with Gasteiger partial charge in [-0.2, -0.15) is 0 Å². The summed E-state index contributed by atoms with van der Waals surface area (Å²) in [4.78, 5) is 62.8. The second kappa shape index (κ2) is 15.8. The molecule has 4 unspecified atom stereocenters. The van der Waals surface area contributed by atoms with E-state index in [-0.39, 0.29) is 26.0 Å². The lowest BCUT2D eigenvalue weighted by Crippen LogP contribution is -2.62. The van der Waals surface area contributed by atoms with E-state index in [9.17, 15) is 27.6 Å². The Balaban J connectivity index is 1.21. The van der Waals surface area contributed by atoms with Gasteiger partial charge in [0.15, 0.2) is 0 Å². The van der Waals surface area contributed by atoms with Gasteiger partial charge in [0, 0.05) is 22.4 Å². The van der Waals surface area contributed by atoms with E-state index in [4.69, 9.17) is 26.1 Å². The summed E-state index contributed by atoms with van der Waals surface area (Å²) in [5.74, 6) is -1.03. The summed E-state index contributed by atoms with van der Waals surface area (Å²) in [5, 5.41) is 7.17. The standard InChI is InChI=1S/C41H54ClN5O8S/c1-26-34-29(30-22-28(42)15-16-31(30)43-26)17-19-41(55-34)23-33-35(48)45-40(3,37(50)46-56(52,53)39(2)20-21-39)18-11-7-5-4-6-8-14-32(36(49)47(33)25-41)44-38(51)54-24-27-12-9-10-13-27/h7,11,15-16,22,27,32-33H,4-6,8-10,12-14,17-21,23-25H2,1-3H3,(H,44,51)(H,45,48)(H,46,50). The number of pyridine rings is 1. The predicted molar refractivity (Wildman–Crippen MR) is 212 cm³/mol. The number of alkyl carbamates (subject to hydrolysis) is 1. The van der Waals surface area contributed by atoms with Gasteiger partial charge >= 0.3 is 6.09 Å². The van der Waals surface area contributed by atoms with E-state index in [0.717, 1.165) is 55.0 Å². The Kier molecular flexibility index (Phi) is 11.4. The Morgan fingerprint density at radius 1 is 1.05 bits per heavy atom. The Bertz CT molecular complexity index is 2030. The number of carbonyl (C=O) groups is 4. The molecule has 1 aromatic carbocycles. The molecule has 7 rings (SSSR count). The maximum atomic E-state index is 14.8. The number of sulfonamides is 1. The van der Waals surface area contributed by atoms with Gasteiger partial charge in [-0.15, -0.1) is 0 Å². The lowest BCUT2D eigenvalue weighted by atomic mass is 9.87. The Morgan fingerprint density at radius 2 is 1.80 bits per heavy atom. The average Bonchev–Trinajstić information content (AvgIpc) is 3.53. The van der Waals surface area contributed by atoms with Crippen LogP contribution in [0.4, 0.5) is 4.79 Å². The van der Waals surface area contributed by atoms with Crippen LogP contribution < -0.4 is 20.1 Å². The molecule has 3 aliphatic heterocycles. The number of fused-ring (bicyclic) bond motifs is 4. The molecule has 4 heterocycles. The molecule has 0 bridgehead atoms. The summed E-state index contributed by atoms with van der Waals surface area (Å²) in [6.45, 7) is 5.29. The number of hydrogen-bond acceptors (Lipinski definition) is 9. The summed E-state index contributed by atoms with van der Waals surface area (Å²) >= 11 is 6.39. The van der Waals surface area contributed by atoms with Crippen LogP contribution in [0, 0.1) is 12.8 Å². The number of rotatable bonds is 6. The molecule has 0 radical (unpaired) electrons. The maximum Gasteiger partial charge on any atom is 0.407 e. The smallest absolute Gasteiger partial charge is 0.407 e. The van der Waals surface area contributed by atoms with Gasteiger partial charge in [0.25, 0.3) is 5.91 Å². The van der Waals surface area contributed by atoms with Gasteiger partial charge < -0.3 is 25.0 Å². The molecule has 15 heteroatoms. The van der Waals surface area contributed by atoms with Crippen molar-refractivity contribution in [2.75, 3.05) is 13.2 Å². The van der Waals surface area contributed by atoms with Crippen molar-refractivity contribution in [1.82, 2.24) is 25.2 Å². The summed E-state index contributed by atoms with van der Waals surface area (Å²) < 4.78 is 40.1. The minimum atomic E-state index is -4.01. The highest BCUT2D eigenvalue weighted by Gasteiger charge is 2.55. The number of aromatic nitrogens is 1. The van der Waals surface area contributed by atoms with Gasteiger partial charge in [-0.05, 0) is 109 Å². The molecule has 1 spiro atoms. The predicted octanol–water partition coefficient (Wildman–Crippen LogP) is 5.93. The van der Waals surface area contributed by atoms with Crippen molar-refractivity contribution in [3.63, 3.8) is 0 Å². The first-order chi connectivity index (χ1) is 26.6. The number of allylic oxidation sites excluding steroid dienone is 1. The first-order valence-corrected chi connectivity index (χ1v) is 22.0. The number of halogens is 1. The van der Waals surface area contributed by atoms with Crippen molar-refractivity contribution in [2.45, 2.75) is 145 Å². The summed E-state index contributed by atoms with van der Waals surface area (Å²) in [6.07, 6.45) is 12.5. The number of amides is 4. The number of aryl methyl sites for hydroxylation is 2. The number of benzene rings is 1. The topological polar surface area (TPSA) is 173 Å². The first kappa shape index (κ1) is 40.3. The van der Waals surface area contributed by atoms with E-state index in [1.165, 1.54) is 11.8 Å². The largest absolute Gasteiger partial charge is 0.483 e. The van der Waals surface area contributed by atoms with Crippen molar-refractivity contribution in [3.05, 3.63) is 46.6 Å². The third kappa shape index (κ3) is 8.37. The van der Waals surface area contributed by atoms with Gasteiger partial charge in [-0.25, -0.2) is 18.2 Å². The van der Waals surface area contributed by atoms with Crippen molar-refractivity contribution < 1.29 is 37.1 Å². The molecule has 4 atom stereocenters. The Morgan fingerprint density at radius 3 is 2.55 bits per heavy atom. The molecule has 2 aromatic rings. The third-order valence-corrected chi connectivity index (χ3v) is 15.0. The second-order valence-corrected chi connectivity index (χ2v) is 19.7. The van der Waals surface area contributed by atoms with Crippen LogP contribution in [0.1, 0.15) is 115 Å². The fourth-order valence-electron chi connectivity index (χ4n) is 8.69. The number of carbonyl (C=O) groups excluding carboxylic acids is 4. The van der Waals surface area contributed by atoms with Crippen LogP contribution in [0.3, 0.4) is 0 Å². The van der Waals surface area contributed by atoms with Gasteiger partial charge in [-0.3, -0.25) is 19.1 Å². The average molecular weight is 812 g/mol. The zero-order chi connectivity index (χ0) is 39.9. The van der Waals surface area contributed by atoms with E-state index in [1.54, 1.807) is 19.1 Å². The Labute approximate surface area is 334 Å². The highest BCUT2D eigenvalue weighted by Crippen LogP contribution is 2.45. The van der Waals surface area contributed by atoms with Crippen molar-refractivity contribution >= 4 is 56.3 Å². The second-order valence-electron chi connectivity index (χ2n) is 17.1. The fraction of sp³-hybridized carbons (Fsp3) is 0.634. The van der Waals surface area contributed by atoms with Crippen LogP contribution in [-0.2, 0) is 35.6 Å². The third-order valence-electron chi connectivity index (χ3n) is 12.6. The number of ether oxygens (including phenoxy) is 2. The monoisotopic (exact) mass is 811 g/mol. The first-order valence-electron chi connectivity index (χ1n) is 20.2. The number of hydrogen-bond donors (Lipinski definition) is 3. The molecule has 2 saturated carbocycles. The molecule has 1 saturated heterocycles. The molecule has 304 valence electrons. The van der Waals surface area contributed by atoms with E-state index in [1.807, 2.05) is 25.1 Å². The van der Waals surface area contributed by atoms with Crippen molar-refractivity contribution in [3.8, 4) is 5.75 Å². The fourth-order valence-corrected chi connectivity index (χ4v) is 10.2. The summed E-state index contributed by atoms with van der Waals surface area (Å²) in [7, 11) is -4.01. The van der Waals surface area contributed by atoms with Crippen molar-refractivity contribution in [2.24, 2.45) is 5.92 Å². The van der Waals surface area contributed by atoms with E-state index >= 15 is 0 Å². The van der Waals surface area contributed by atoms with Crippen molar-refractivity contribution in [1.29, 1.82) is 0 Å². The lowest BCUT2D eigenvalue weighted by molar-refractivity contribution is -0.142. The van der Waals surface area contributed by atoms with Gasteiger partial charge in [0.1, 0.15) is 29.0 Å². The highest BCUT2D eigenvalue weighted by atomic mass is 35.5. The van der Waals surface area contributed by atoms with Gasteiger partial charge in [-0.1, -0.05) is 49.4 Å². The SMILES string of the molecule is Cc1nc2ccc(Cl)cc2c2c1OC1(CC2)CC2C(=O)NC(C)(C(=O)NS(=O)(=O)C3(C)CC3)CC=CCCCCCC(NC(=O)OCC3CCCC3)C(=O)N2C1. The Hall–Kier alpha value is -3.91. The molecule has 56 heavy (non-hydrogen) atoms. The van der Waals surface area contributed by atoms with Crippen LogP contribution in [0.25, 0.3) is 10.9 Å². The minimum Gasteiger partial charge on any atom is -0.483 e. The van der Waals surface area contributed by atoms with Gasteiger partial charge in [0.2, 0.25) is 21.8 Å². The van der Waals surface area contributed by atoms with Gasteiger partial charge in [0.05, 0.1) is 29.1 Å². The van der Waals surface area contributed by atoms with Crippen LogP contribution in [0.2, 0.25) is 5.02 Å². The molecule has 3 N–H and O–H groups in total. The summed E-state index contributed by atoms with van der Waals surface area (Å²) in [5.41, 5.74) is -0.258.